The van der Waals surface area contributed by atoms with Gasteiger partial charge in [0.15, 0.2) is 5.82 Å². The monoisotopic (exact) mass is 540 g/mol. The van der Waals surface area contributed by atoms with Crippen molar-refractivity contribution in [3.63, 3.8) is 0 Å². The van der Waals surface area contributed by atoms with Gasteiger partial charge in [0.2, 0.25) is 17.7 Å². The van der Waals surface area contributed by atoms with E-state index in [-0.39, 0.29) is 7.33 Å². The Morgan fingerprint density at radius 1 is 1.10 bits per heavy atom. The number of likely N-dealkylation sites (tertiary alicyclic amines) is 1. The normalized spacial score (nSPS) is 21.5. The minimum Gasteiger partial charge on any atom is -0.388 e. The average Bonchev–Trinajstić information content (AvgIpc) is 3.42. The molecule has 4 aliphatic rings. The number of fused-ring (bicyclic) bond motifs is 3. The van der Waals surface area contributed by atoms with Crippen LogP contribution in [-0.2, 0) is 11.2 Å². The summed E-state index contributed by atoms with van der Waals surface area (Å²) in [6.45, 7) is 8.15. The lowest BCUT2D eigenvalue weighted by molar-refractivity contribution is 0.0778. The van der Waals surface area contributed by atoms with Crippen LogP contribution >= 0.6 is 0 Å². The molecular weight excluding hydrogens is 504 g/mol. The van der Waals surface area contributed by atoms with Crippen LogP contribution in [0.15, 0.2) is 36.9 Å². The van der Waals surface area contributed by atoms with Crippen molar-refractivity contribution in [2.45, 2.75) is 31.6 Å². The molecule has 1 amide bonds. The summed E-state index contributed by atoms with van der Waals surface area (Å²) in [4.78, 5) is 38.0. The van der Waals surface area contributed by atoms with Gasteiger partial charge in [-0.1, -0.05) is 36.9 Å². The van der Waals surface area contributed by atoms with Gasteiger partial charge in [-0.2, -0.15) is 15.0 Å². The minimum absolute atomic E-state index is 0. The molecule has 40 heavy (non-hydrogen) atoms. The zero-order valence-corrected chi connectivity index (χ0v) is 22.8. The number of nitrogens with zero attached hydrogens (tertiary/aromatic N) is 7. The number of aromatic nitrogens is 5. The number of morpholine rings is 1. The van der Waals surface area contributed by atoms with Crippen molar-refractivity contribution in [1.29, 1.82) is 0 Å². The van der Waals surface area contributed by atoms with Crippen LogP contribution in [0.5, 0.6) is 0 Å². The van der Waals surface area contributed by atoms with Crippen LogP contribution in [-0.4, -0.2) is 81.8 Å². The van der Waals surface area contributed by atoms with Gasteiger partial charge in [-0.25, -0.2) is 4.98 Å². The van der Waals surface area contributed by atoms with Crippen LogP contribution in [0.3, 0.4) is 0 Å². The summed E-state index contributed by atoms with van der Waals surface area (Å²) in [5.74, 6) is 2.74. The van der Waals surface area contributed by atoms with E-state index in [1.807, 2.05) is 40.8 Å². The number of amides is 1. The van der Waals surface area contributed by atoms with Crippen LogP contribution in [0.1, 0.15) is 54.2 Å². The smallest absolute Gasteiger partial charge is 0.290 e. The van der Waals surface area contributed by atoms with Crippen molar-refractivity contribution < 1.29 is 11.0 Å². The number of ether oxygens (including phenoxy) is 1. The molecule has 3 aromatic rings. The van der Waals surface area contributed by atoms with Gasteiger partial charge in [0.1, 0.15) is 0 Å². The fourth-order valence-corrected chi connectivity index (χ4v) is 6.16. The number of carbonyl (C=O) groups excluding carboxylic acids is 1. The molecule has 2 aromatic heterocycles. The molecule has 10 heteroatoms. The maximum atomic E-state index is 13.9. The molecule has 2 atom stereocenters. The maximum absolute atomic E-state index is 13.9. The molecule has 10 nitrogen and oxygen atoms in total. The van der Waals surface area contributed by atoms with Gasteiger partial charge in [-0.15, -0.1) is 0 Å². The number of anilines is 2. The van der Waals surface area contributed by atoms with E-state index in [2.05, 4.69) is 28.9 Å². The van der Waals surface area contributed by atoms with E-state index in [0.717, 1.165) is 60.6 Å². The molecule has 1 N–H and O–H groups in total. The van der Waals surface area contributed by atoms with Gasteiger partial charge in [0, 0.05) is 63.8 Å². The van der Waals surface area contributed by atoms with Gasteiger partial charge in [-0.3, -0.25) is 9.36 Å². The molecule has 4 heterocycles. The summed E-state index contributed by atoms with van der Waals surface area (Å²) < 4.78 is 7.53. The molecule has 0 radical (unpaired) electrons. The third-order valence-electron chi connectivity index (χ3n) is 8.40. The topological polar surface area (TPSA) is 101 Å². The van der Waals surface area contributed by atoms with Crippen molar-refractivity contribution in [2.24, 2.45) is 5.92 Å². The fourth-order valence-electron chi connectivity index (χ4n) is 6.16. The highest BCUT2D eigenvalue weighted by atomic mass is 16.5. The summed E-state index contributed by atoms with van der Waals surface area (Å²) in [5, 5.41) is 3.25. The molecule has 2 unspecified atom stereocenters. The summed E-state index contributed by atoms with van der Waals surface area (Å²) >= 11 is 0. The molecule has 2 aliphatic carbocycles. The number of nitrogens with one attached hydrogen (secondary N) is 1. The van der Waals surface area contributed by atoms with Gasteiger partial charge in [0.05, 0.1) is 24.6 Å². The number of carbonyl (C=O) groups is 1. The summed E-state index contributed by atoms with van der Waals surface area (Å²) in [5.41, 5.74) is 4.71. The van der Waals surface area contributed by atoms with Crippen LogP contribution in [0.4, 0.5) is 11.6 Å². The number of rotatable bonds is 6. The fraction of sp³-hybridized carbons (Fsp3) is 0.433. The second kappa shape index (κ2) is 10.2. The summed E-state index contributed by atoms with van der Waals surface area (Å²) in [7, 11) is 1.89. The van der Waals surface area contributed by atoms with E-state index in [0.29, 0.717) is 68.1 Å². The first kappa shape index (κ1) is 25.0. The Labute approximate surface area is 235 Å². The number of allylic oxidation sites excluding steroid dienone is 2. The lowest BCUT2D eigenvalue weighted by Gasteiger charge is -2.27. The van der Waals surface area contributed by atoms with E-state index < -0.39 is 0 Å². The standard InChI is InChI=1S/C30H34N8O2.H2/c1-3-20-21(9-7-10-23(20)31-2)26-33-29(37-14-16-40-17-15-37)35-30(34-26)38-24-11-6-8-19-18-22(19)25(24)32-27(38)28(39)36-12-4-5-13-36;/h3,6-10,19,22,31H,1,4-5,11-18H2,2H3;1H. The van der Waals surface area contributed by atoms with Crippen molar-refractivity contribution in [1.82, 2.24) is 29.4 Å². The van der Waals surface area contributed by atoms with Gasteiger partial charge in [0.25, 0.3) is 5.91 Å². The quantitative estimate of drug-likeness (QED) is 0.469. The number of benzene rings is 1. The largest absolute Gasteiger partial charge is 0.388 e. The van der Waals surface area contributed by atoms with E-state index in [1.54, 1.807) is 0 Å². The third-order valence-corrected chi connectivity index (χ3v) is 8.40. The van der Waals surface area contributed by atoms with Crippen LogP contribution in [0, 0.1) is 5.92 Å². The predicted octanol–water partition coefficient (Wildman–Crippen LogP) is 3.94. The Kier molecular flexibility index (Phi) is 6.34. The number of hydrogen-bond donors (Lipinski definition) is 1. The highest BCUT2D eigenvalue weighted by molar-refractivity contribution is 5.92. The van der Waals surface area contributed by atoms with E-state index in [9.17, 15) is 4.79 Å². The second-order valence-corrected chi connectivity index (χ2v) is 10.8. The summed E-state index contributed by atoms with van der Waals surface area (Å²) in [6.07, 6.45) is 10.1. The van der Waals surface area contributed by atoms with Crippen molar-refractivity contribution in [3.05, 3.63) is 59.7 Å². The minimum atomic E-state index is -0.0504. The molecule has 0 spiro atoms. The molecule has 0 bridgehead atoms. The Morgan fingerprint density at radius 2 is 1.90 bits per heavy atom. The molecule has 208 valence electrons. The van der Waals surface area contributed by atoms with Crippen molar-refractivity contribution >= 4 is 23.6 Å². The second-order valence-electron chi connectivity index (χ2n) is 10.8. The average molecular weight is 541 g/mol. The van der Waals surface area contributed by atoms with Crippen LogP contribution in [0.25, 0.3) is 23.4 Å². The Balaban J connectivity index is 0.00000302. The SMILES string of the molecule is C=Cc1c(NC)cccc1-c1nc(N2CCOCC2)nc(-n2c(C(=O)N3CCCC3)nc3c2CC=CC2CC32)n1.[HH]. The number of imidazole rings is 1. The van der Waals surface area contributed by atoms with Gasteiger partial charge in [-0.05, 0) is 31.2 Å². The number of hydrogen-bond acceptors (Lipinski definition) is 8. The molecule has 2 saturated heterocycles. The molecule has 3 fully saturated rings. The molecule has 1 saturated carbocycles. The third kappa shape index (κ3) is 4.27. The summed E-state index contributed by atoms with van der Waals surface area (Å²) in [6, 6.07) is 5.99. The zero-order chi connectivity index (χ0) is 27.2. The Hall–Kier alpha value is -4.05. The predicted molar refractivity (Wildman–Crippen MR) is 156 cm³/mol. The van der Waals surface area contributed by atoms with E-state index >= 15 is 0 Å². The first-order valence-corrected chi connectivity index (χ1v) is 14.3. The highest BCUT2D eigenvalue weighted by Crippen LogP contribution is 2.51. The Morgan fingerprint density at radius 3 is 2.67 bits per heavy atom. The van der Waals surface area contributed by atoms with Crippen molar-refractivity contribution in [3.8, 4) is 17.3 Å². The van der Waals surface area contributed by atoms with Gasteiger partial charge < -0.3 is 19.9 Å². The molecule has 7 rings (SSSR count). The molecular formula is C30H36N8O2. The Bertz CT molecular complexity index is 1510. The lowest BCUT2D eigenvalue weighted by atomic mass is 10.0. The zero-order valence-electron chi connectivity index (χ0n) is 22.8. The van der Waals surface area contributed by atoms with Gasteiger partial charge >= 0.3 is 0 Å². The van der Waals surface area contributed by atoms with Crippen LogP contribution in [0.2, 0.25) is 0 Å². The highest BCUT2D eigenvalue weighted by Gasteiger charge is 2.43. The lowest BCUT2D eigenvalue weighted by Crippen LogP contribution is -2.38. The molecule has 1 aromatic carbocycles. The first-order valence-electron chi connectivity index (χ1n) is 14.3. The molecule has 2 aliphatic heterocycles. The maximum Gasteiger partial charge on any atom is 0.290 e. The van der Waals surface area contributed by atoms with E-state index in [1.165, 1.54) is 0 Å². The van der Waals surface area contributed by atoms with Crippen LogP contribution < -0.4 is 10.2 Å². The first-order chi connectivity index (χ1) is 19.7. The van der Waals surface area contributed by atoms with Crippen molar-refractivity contribution in [2.75, 3.05) is 56.7 Å². The van der Waals surface area contributed by atoms with E-state index in [4.69, 9.17) is 24.7 Å².